The summed E-state index contributed by atoms with van der Waals surface area (Å²) < 4.78 is 27.0. The number of hydrogen-bond acceptors (Lipinski definition) is 3. The van der Waals surface area contributed by atoms with E-state index in [1.165, 1.54) is 0 Å². The lowest BCUT2D eigenvalue weighted by Crippen LogP contribution is -2.25. The molecule has 0 unspecified atom stereocenters. The molecule has 2 N–H and O–H groups in total. The Morgan fingerprint density at radius 3 is 2.04 bits per heavy atom. The van der Waals surface area contributed by atoms with Gasteiger partial charge in [-0.2, -0.15) is 0 Å². The molecule has 0 atom stereocenters. The van der Waals surface area contributed by atoms with Crippen LogP contribution in [0.15, 0.2) is 54.6 Å². The van der Waals surface area contributed by atoms with Gasteiger partial charge in [0.25, 0.3) is 0 Å². The molecule has 0 heterocycles. The molecule has 2 aromatic rings. The highest BCUT2D eigenvalue weighted by molar-refractivity contribution is 7.92. The Labute approximate surface area is 145 Å². The van der Waals surface area contributed by atoms with Gasteiger partial charge in [-0.25, -0.2) is 8.42 Å². The van der Waals surface area contributed by atoms with Crippen LogP contribution in [0.3, 0.4) is 0 Å². The highest BCUT2D eigenvalue weighted by atomic mass is 32.2. The predicted molar refractivity (Wildman–Crippen MR) is 102 cm³/mol. The van der Waals surface area contributed by atoms with Gasteiger partial charge in [-0.15, -0.1) is 0 Å². The molecule has 0 radical (unpaired) electrons. The smallest absolute Gasteiger partial charge is 0.232 e. The molecule has 0 aromatic heterocycles. The van der Waals surface area contributed by atoms with E-state index in [1.807, 2.05) is 42.5 Å². The number of aryl methyl sites for hydroxylation is 1. The van der Waals surface area contributed by atoms with Gasteiger partial charge >= 0.3 is 0 Å². The molecular formula is C19H26N2O2S. The van der Waals surface area contributed by atoms with Crippen LogP contribution in [0.5, 0.6) is 0 Å². The Hall–Kier alpha value is -2.01. The van der Waals surface area contributed by atoms with Crippen LogP contribution in [0.1, 0.15) is 32.8 Å². The van der Waals surface area contributed by atoms with Crippen molar-refractivity contribution in [3.8, 4) is 0 Å². The summed E-state index contributed by atoms with van der Waals surface area (Å²) in [7, 11) is -3.32. The van der Waals surface area contributed by atoms with E-state index in [1.54, 1.807) is 12.1 Å². The Bertz CT molecular complexity index is 733. The second kappa shape index (κ2) is 7.71. The van der Waals surface area contributed by atoms with Gasteiger partial charge in [0.05, 0.1) is 5.75 Å². The highest BCUT2D eigenvalue weighted by Crippen LogP contribution is 2.18. The van der Waals surface area contributed by atoms with E-state index in [0.29, 0.717) is 12.1 Å². The van der Waals surface area contributed by atoms with E-state index in [0.717, 1.165) is 17.7 Å². The van der Waals surface area contributed by atoms with Gasteiger partial charge in [-0.05, 0) is 63.4 Å². The van der Waals surface area contributed by atoms with Crippen molar-refractivity contribution in [2.45, 2.75) is 39.2 Å². The van der Waals surface area contributed by atoms with Gasteiger partial charge in [0.2, 0.25) is 10.0 Å². The first-order valence-electron chi connectivity index (χ1n) is 8.16. The van der Waals surface area contributed by atoms with Crippen molar-refractivity contribution < 1.29 is 8.42 Å². The van der Waals surface area contributed by atoms with Crippen LogP contribution < -0.4 is 10.0 Å². The molecule has 0 aliphatic heterocycles. The Kier molecular flexibility index (Phi) is 5.89. The minimum atomic E-state index is -3.32. The molecule has 24 heavy (non-hydrogen) atoms. The molecule has 0 amide bonds. The molecule has 5 heteroatoms. The number of benzene rings is 2. The zero-order chi connectivity index (χ0) is 17.6. The third-order valence-corrected chi connectivity index (χ3v) is 4.77. The Morgan fingerprint density at radius 2 is 1.46 bits per heavy atom. The summed E-state index contributed by atoms with van der Waals surface area (Å²) in [5.74, 6) is 0.115. The summed E-state index contributed by atoms with van der Waals surface area (Å²) in [4.78, 5) is 0. The molecule has 0 bridgehead atoms. The monoisotopic (exact) mass is 346 g/mol. The number of rotatable bonds is 7. The van der Waals surface area contributed by atoms with Crippen molar-refractivity contribution in [3.63, 3.8) is 0 Å². The van der Waals surface area contributed by atoms with Crippen LogP contribution in [-0.2, 0) is 16.4 Å². The van der Waals surface area contributed by atoms with Crippen molar-refractivity contribution in [1.82, 2.24) is 0 Å². The molecule has 4 nitrogen and oxygen atoms in total. The van der Waals surface area contributed by atoms with Gasteiger partial charge in [0.1, 0.15) is 0 Å². The topological polar surface area (TPSA) is 58.2 Å². The normalized spacial score (nSPS) is 12.0. The molecule has 2 aromatic carbocycles. The average molecular weight is 346 g/mol. The van der Waals surface area contributed by atoms with Crippen LogP contribution in [0.4, 0.5) is 11.4 Å². The quantitative estimate of drug-likeness (QED) is 0.787. The van der Waals surface area contributed by atoms with E-state index in [2.05, 4.69) is 30.8 Å². The molecule has 0 aliphatic rings. The summed E-state index contributed by atoms with van der Waals surface area (Å²) >= 11 is 0. The van der Waals surface area contributed by atoms with Crippen molar-refractivity contribution in [1.29, 1.82) is 0 Å². The number of anilines is 2. The third-order valence-electron chi connectivity index (χ3n) is 3.40. The van der Waals surface area contributed by atoms with Gasteiger partial charge in [0, 0.05) is 16.9 Å². The van der Waals surface area contributed by atoms with Crippen molar-refractivity contribution in [3.05, 3.63) is 60.2 Å². The number of sulfonamides is 1. The molecule has 130 valence electrons. The van der Waals surface area contributed by atoms with Crippen LogP contribution in [0.2, 0.25) is 0 Å². The third kappa shape index (κ3) is 6.62. The molecule has 0 spiro atoms. The van der Waals surface area contributed by atoms with Gasteiger partial charge in [-0.1, -0.05) is 30.3 Å². The zero-order valence-corrected chi connectivity index (χ0v) is 15.4. The summed E-state index contributed by atoms with van der Waals surface area (Å²) in [6, 6.07) is 17.2. The summed E-state index contributed by atoms with van der Waals surface area (Å²) in [5.41, 5.74) is 2.69. The molecule has 0 saturated heterocycles. The fourth-order valence-corrected chi connectivity index (χ4v) is 3.52. The van der Waals surface area contributed by atoms with Gasteiger partial charge in [0.15, 0.2) is 0 Å². The second-order valence-electron chi connectivity index (χ2n) is 6.96. The largest absolute Gasteiger partial charge is 0.380 e. The maximum atomic E-state index is 12.2. The predicted octanol–water partition coefficient (Wildman–Crippen LogP) is 4.27. The molecule has 0 saturated carbocycles. The fraction of sp³-hybridized carbons (Fsp3) is 0.368. The van der Waals surface area contributed by atoms with Crippen molar-refractivity contribution >= 4 is 21.4 Å². The van der Waals surface area contributed by atoms with Crippen LogP contribution in [-0.4, -0.2) is 19.7 Å². The molecule has 0 fully saturated rings. The minimum Gasteiger partial charge on any atom is -0.380 e. The van der Waals surface area contributed by atoms with Gasteiger partial charge < -0.3 is 5.32 Å². The van der Waals surface area contributed by atoms with E-state index in [-0.39, 0.29) is 11.3 Å². The van der Waals surface area contributed by atoms with E-state index in [4.69, 9.17) is 0 Å². The first kappa shape index (κ1) is 18.3. The summed E-state index contributed by atoms with van der Waals surface area (Å²) in [6.45, 7) is 6.24. The van der Waals surface area contributed by atoms with Crippen LogP contribution in [0, 0.1) is 0 Å². The van der Waals surface area contributed by atoms with Crippen molar-refractivity contribution in [2.75, 3.05) is 15.8 Å². The highest BCUT2D eigenvalue weighted by Gasteiger charge is 2.12. The molecular weight excluding hydrogens is 320 g/mol. The van der Waals surface area contributed by atoms with E-state index < -0.39 is 10.0 Å². The minimum absolute atomic E-state index is 0.0293. The Balaban J connectivity index is 1.87. The first-order valence-corrected chi connectivity index (χ1v) is 9.81. The summed E-state index contributed by atoms with van der Waals surface area (Å²) in [6.07, 6.45) is 1.36. The van der Waals surface area contributed by atoms with Gasteiger partial charge in [-0.3, -0.25) is 4.72 Å². The first-order chi connectivity index (χ1) is 11.2. The molecule has 0 aliphatic carbocycles. The summed E-state index contributed by atoms with van der Waals surface area (Å²) in [5, 5.41) is 3.35. The lowest BCUT2D eigenvalue weighted by atomic mass is 10.1. The Morgan fingerprint density at radius 1 is 0.875 bits per heavy atom. The van der Waals surface area contributed by atoms with E-state index in [9.17, 15) is 8.42 Å². The van der Waals surface area contributed by atoms with Crippen LogP contribution in [0.25, 0.3) is 0 Å². The van der Waals surface area contributed by atoms with Crippen LogP contribution >= 0.6 is 0 Å². The number of hydrogen-bond donors (Lipinski definition) is 2. The van der Waals surface area contributed by atoms with Crippen molar-refractivity contribution in [2.24, 2.45) is 0 Å². The SMILES string of the molecule is CC(C)(C)Nc1ccc(NS(=O)(=O)CCCc2ccccc2)cc1. The standard InChI is InChI=1S/C19H26N2O2S/c1-19(2,3)20-17-11-13-18(14-12-17)21-24(22,23)15-7-10-16-8-5-4-6-9-16/h4-6,8-9,11-14,20-21H,7,10,15H2,1-3H3. The molecule has 2 rings (SSSR count). The lowest BCUT2D eigenvalue weighted by Gasteiger charge is -2.22. The lowest BCUT2D eigenvalue weighted by molar-refractivity contribution is 0.598. The second-order valence-corrected chi connectivity index (χ2v) is 8.80. The fourth-order valence-electron chi connectivity index (χ4n) is 2.40. The average Bonchev–Trinajstić information content (AvgIpc) is 2.48. The maximum absolute atomic E-state index is 12.2. The zero-order valence-electron chi connectivity index (χ0n) is 14.5. The van der Waals surface area contributed by atoms with E-state index >= 15 is 0 Å². The maximum Gasteiger partial charge on any atom is 0.232 e. The number of nitrogens with one attached hydrogen (secondary N) is 2.